The molecule has 118 valence electrons. The SMILES string of the molecule is CCCN(Cc1cc(C)c(C(=O)OC)o1)C1CCCNC1. The number of hydrogen-bond acceptors (Lipinski definition) is 5. The molecule has 0 amide bonds. The Balaban J connectivity index is 2.07. The first-order valence-corrected chi connectivity index (χ1v) is 7.78. The predicted octanol–water partition coefficient (Wildman–Crippen LogP) is 2.34. The molecule has 1 aromatic heterocycles. The van der Waals surface area contributed by atoms with Crippen molar-refractivity contribution in [1.29, 1.82) is 0 Å². The summed E-state index contributed by atoms with van der Waals surface area (Å²) in [5.41, 5.74) is 0.843. The lowest BCUT2D eigenvalue weighted by Gasteiger charge is -2.33. The van der Waals surface area contributed by atoms with Gasteiger partial charge in [-0.05, 0) is 45.3 Å². The molecule has 0 saturated carbocycles. The number of furan rings is 1. The number of methoxy groups -OCH3 is 1. The van der Waals surface area contributed by atoms with Crippen molar-refractivity contribution >= 4 is 5.97 Å². The second kappa shape index (κ2) is 7.61. The molecule has 1 unspecified atom stereocenters. The summed E-state index contributed by atoms with van der Waals surface area (Å²) >= 11 is 0. The molecule has 0 spiro atoms. The van der Waals surface area contributed by atoms with Crippen LogP contribution in [0.15, 0.2) is 10.5 Å². The Hall–Kier alpha value is -1.33. The second-order valence-electron chi connectivity index (χ2n) is 5.69. The Morgan fingerprint density at radius 2 is 2.38 bits per heavy atom. The van der Waals surface area contributed by atoms with Gasteiger partial charge in [0.25, 0.3) is 0 Å². The number of rotatable bonds is 6. The number of piperidine rings is 1. The molecule has 1 aromatic rings. The first kappa shape index (κ1) is 16.0. The number of carbonyl (C=O) groups is 1. The van der Waals surface area contributed by atoms with Gasteiger partial charge in [-0.3, -0.25) is 4.90 Å². The van der Waals surface area contributed by atoms with Crippen molar-refractivity contribution in [2.24, 2.45) is 0 Å². The summed E-state index contributed by atoms with van der Waals surface area (Å²) in [4.78, 5) is 14.1. The number of hydrogen-bond donors (Lipinski definition) is 1. The molecule has 1 aliphatic rings. The van der Waals surface area contributed by atoms with Crippen LogP contribution in [0.25, 0.3) is 0 Å². The number of aryl methyl sites for hydroxylation is 1. The molecule has 5 heteroatoms. The highest BCUT2D eigenvalue weighted by molar-refractivity contribution is 5.87. The van der Waals surface area contributed by atoms with Gasteiger partial charge in [0.1, 0.15) is 5.76 Å². The fourth-order valence-electron chi connectivity index (χ4n) is 2.94. The van der Waals surface area contributed by atoms with Crippen LogP contribution in [-0.4, -0.2) is 43.7 Å². The van der Waals surface area contributed by atoms with Gasteiger partial charge >= 0.3 is 5.97 Å². The lowest BCUT2D eigenvalue weighted by Crippen LogP contribution is -2.45. The minimum Gasteiger partial charge on any atom is -0.463 e. The minimum atomic E-state index is -0.403. The zero-order valence-corrected chi connectivity index (χ0v) is 13.3. The van der Waals surface area contributed by atoms with E-state index in [0.717, 1.165) is 43.9 Å². The van der Waals surface area contributed by atoms with Crippen molar-refractivity contribution in [2.75, 3.05) is 26.7 Å². The molecule has 1 N–H and O–H groups in total. The summed E-state index contributed by atoms with van der Waals surface area (Å²) in [5.74, 6) is 0.762. The summed E-state index contributed by atoms with van der Waals surface area (Å²) in [5, 5.41) is 3.46. The van der Waals surface area contributed by atoms with E-state index in [2.05, 4.69) is 17.1 Å². The van der Waals surface area contributed by atoms with E-state index in [1.807, 2.05) is 13.0 Å². The van der Waals surface area contributed by atoms with E-state index < -0.39 is 5.97 Å². The maximum atomic E-state index is 11.6. The first-order valence-electron chi connectivity index (χ1n) is 7.78. The summed E-state index contributed by atoms with van der Waals surface area (Å²) in [6.07, 6.45) is 3.55. The number of nitrogens with one attached hydrogen (secondary N) is 1. The van der Waals surface area contributed by atoms with Gasteiger partial charge in [0.05, 0.1) is 13.7 Å². The lowest BCUT2D eigenvalue weighted by atomic mass is 10.1. The molecule has 0 aliphatic carbocycles. The van der Waals surface area contributed by atoms with Gasteiger partial charge in [0.15, 0.2) is 0 Å². The Morgan fingerprint density at radius 1 is 1.57 bits per heavy atom. The molecule has 1 saturated heterocycles. The third-order valence-corrected chi connectivity index (χ3v) is 4.00. The molecule has 1 aliphatic heterocycles. The van der Waals surface area contributed by atoms with Crippen LogP contribution >= 0.6 is 0 Å². The van der Waals surface area contributed by atoms with Gasteiger partial charge in [-0.2, -0.15) is 0 Å². The molecule has 2 heterocycles. The fraction of sp³-hybridized carbons (Fsp3) is 0.688. The molecular weight excluding hydrogens is 268 g/mol. The summed E-state index contributed by atoms with van der Waals surface area (Å²) in [6.45, 7) is 8.01. The van der Waals surface area contributed by atoms with E-state index in [1.165, 1.54) is 20.0 Å². The van der Waals surface area contributed by atoms with Crippen LogP contribution in [0.3, 0.4) is 0 Å². The third kappa shape index (κ3) is 4.08. The molecule has 21 heavy (non-hydrogen) atoms. The highest BCUT2D eigenvalue weighted by Crippen LogP contribution is 2.20. The van der Waals surface area contributed by atoms with E-state index >= 15 is 0 Å². The Bertz CT molecular complexity index is 464. The molecule has 1 atom stereocenters. The zero-order chi connectivity index (χ0) is 15.2. The molecule has 5 nitrogen and oxygen atoms in total. The van der Waals surface area contributed by atoms with Crippen LogP contribution in [0.5, 0.6) is 0 Å². The highest BCUT2D eigenvalue weighted by Gasteiger charge is 2.23. The van der Waals surface area contributed by atoms with Crippen molar-refractivity contribution in [1.82, 2.24) is 10.2 Å². The summed E-state index contributed by atoms with van der Waals surface area (Å²) in [7, 11) is 1.38. The monoisotopic (exact) mass is 294 g/mol. The van der Waals surface area contributed by atoms with Crippen molar-refractivity contribution in [2.45, 2.75) is 45.7 Å². The van der Waals surface area contributed by atoms with Gasteiger partial charge < -0.3 is 14.5 Å². The first-order chi connectivity index (χ1) is 10.2. The number of carbonyl (C=O) groups excluding carboxylic acids is 1. The number of nitrogens with zero attached hydrogens (tertiary/aromatic N) is 1. The van der Waals surface area contributed by atoms with E-state index in [4.69, 9.17) is 9.15 Å². The van der Waals surface area contributed by atoms with E-state index in [1.54, 1.807) is 0 Å². The second-order valence-corrected chi connectivity index (χ2v) is 5.69. The predicted molar refractivity (Wildman–Crippen MR) is 81.4 cm³/mol. The molecule has 0 bridgehead atoms. The molecule has 0 aromatic carbocycles. The minimum absolute atomic E-state index is 0.325. The Kier molecular flexibility index (Phi) is 5.82. The van der Waals surface area contributed by atoms with Crippen molar-refractivity contribution < 1.29 is 13.9 Å². The molecule has 2 rings (SSSR count). The zero-order valence-electron chi connectivity index (χ0n) is 13.3. The third-order valence-electron chi connectivity index (χ3n) is 4.00. The topological polar surface area (TPSA) is 54.7 Å². The van der Waals surface area contributed by atoms with Crippen LogP contribution in [0.1, 0.15) is 48.1 Å². The standard InChI is InChI=1S/C16H26N2O3/c1-4-8-18(13-6-5-7-17-10-13)11-14-9-12(2)15(21-14)16(19)20-3/h9,13,17H,4-8,10-11H2,1-3H3. The fourth-order valence-corrected chi connectivity index (χ4v) is 2.94. The smallest absolute Gasteiger partial charge is 0.374 e. The molecular formula is C16H26N2O3. The van der Waals surface area contributed by atoms with Gasteiger partial charge in [0, 0.05) is 18.2 Å². The highest BCUT2D eigenvalue weighted by atomic mass is 16.5. The summed E-state index contributed by atoms with van der Waals surface area (Å²) < 4.78 is 10.4. The van der Waals surface area contributed by atoms with Crippen molar-refractivity contribution in [3.8, 4) is 0 Å². The number of ether oxygens (including phenoxy) is 1. The number of esters is 1. The van der Waals surface area contributed by atoms with Crippen LogP contribution in [-0.2, 0) is 11.3 Å². The van der Waals surface area contributed by atoms with E-state index in [9.17, 15) is 4.79 Å². The van der Waals surface area contributed by atoms with Crippen molar-refractivity contribution in [3.05, 3.63) is 23.2 Å². The average molecular weight is 294 g/mol. The normalized spacial score (nSPS) is 19.0. The van der Waals surface area contributed by atoms with Gasteiger partial charge in [-0.1, -0.05) is 6.92 Å². The lowest BCUT2D eigenvalue weighted by molar-refractivity contribution is 0.0558. The molecule has 0 radical (unpaired) electrons. The van der Waals surface area contributed by atoms with Crippen LogP contribution in [0.2, 0.25) is 0 Å². The van der Waals surface area contributed by atoms with E-state index in [0.29, 0.717) is 11.8 Å². The van der Waals surface area contributed by atoms with Gasteiger partial charge in [-0.25, -0.2) is 4.79 Å². The maximum absolute atomic E-state index is 11.6. The van der Waals surface area contributed by atoms with Crippen LogP contribution < -0.4 is 5.32 Å². The summed E-state index contributed by atoms with van der Waals surface area (Å²) in [6, 6.07) is 2.50. The van der Waals surface area contributed by atoms with Crippen molar-refractivity contribution in [3.63, 3.8) is 0 Å². The van der Waals surface area contributed by atoms with Crippen LogP contribution in [0, 0.1) is 6.92 Å². The maximum Gasteiger partial charge on any atom is 0.374 e. The van der Waals surface area contributed by atoms with Gasteiger partial charge in [-0.15, -0.1) is 0 Å². The Labute approximate surface area is 126 Å². The largest absolute Gasteiger partial charge is 0.463 e. The average Bonchev–Trinajstić information content (AvgIpc) is 2.87. The Morgan fingerprint density at radius 3 is 3.00 bits per heavy atom. The molecule has 1 fully saturated rings. The van der Waals surface area contributed by atoms with E-state index in [-0.39, 0.29) is 0 Å². The van der Waals surface area contributed by atoms with Gasteiger partial charge in [0.2, 0.25) is 5.76 Å². The van der Waals surface area contributed by atoms with Crippen LogP contribution in [0.4, 0.5) is 0 Å². The quantitative estimate of drug-likeness (QED) is 0.816.